The average molecular weight is 372 g/mol. The second-order valence-corrected chi connectivity index (χ2v) is 8.65. The molecule has 1 aliphatic rings. The summed E-state index contributed by atoms with van der Waals surface area (Å²) in [5, 5.41) is 14.1. The predicted molar refractivity (Wildman–Crippen MR) is 108 cm³/mol. The molecule has 2 aromatic rings. The Hall–Kier alpha value is -2.02. The quantitative estimate of drug-likeness (QED) is 0.720. The van der Waals surface area contributed by atoms with Gasteiger partial charge in [0.15, 0.2) is 5.60 Å². The summed E-state index contributed by atoms with van der Waals surface area (Å²) in [5.74, 6) is -0.420. The van der Waals surface area contributed by atoms with Crippen molar-refractivity contribution in [3.8, 4) is 0 Å². The Morgan fingerprint density at radius 1 is 1.12 bits per heavy atom. The Labute approximate surface area is 158 Å². The summed E-state index contributed by atoms with van der Waals surface area (Å²) in [5.41, 5.74) is 1.04. The third-order valence-electron chi connectivity index (χ3n) is 4.23. The number of nitrogens with one attached hydrogen (secondary N) is 2. The van der Waals surface area contributed by atoms with Gasteiger partial charge in [0.1, 0.15) is 0 Å². The third kappa shape index (κ3) is 3.45. The van der Waals surface area contributed by atoms with E-state index in [0.717, 1.165) is 10.6 Å². The van der Waals surface area contributed by atoms with E-state index >= 15 is 0 Å². The highest BCUT2D eigenvalue weighted by Crippen LogP contribution is 2.42. The lowest BCUT2D eigenvalue weighted by Crippen LogP contribution is -2.35. The van der Waals surface area contributed by atoms with Gasteiger partial charge in [0.25, 0.3) is 5.91 Å². The average Bonchev–Trinajstić information content (AvgIpc) is 2.84. The van der Waals surface area contributed by atoms with E-state index in [1.165, 1.54) is 11.9 Å². The molecule has 1 aliphatic heterocycles. The van der Waals surface area contributed by atoms with Gasteiger partial charge in [-0.2, -0.15) is 0 Å². The highest BCUT2D eigenvalue weighted by atomic mass is 32.2. The van der Waals surface area contributed by atoms with Crippen LogP contribution in [0, 0.1) is 0 Å². The first-order chi connectivity index (χ1) is 12.1. The van der Waals surface area contributed by atoms with Crippen LogP contribution in [0.2, 0.25) is 0 Å². The normalized spacial score (nSPS) is 19.2. The molecular formula is C20H25N3O2S. The lowest BCUT2D eigenvalue weighted by atomic mass is 9.87. The molecule has 3 rings (SSSR count). The number of benzene rings is 2. The van der Waals surface area contributed by atoms with Crippen LogP contribution in [0.4, 0.5) is 11.4 Å². The number of nitrogens with zero attached hydrogens (tertiary/aromatic N) is 1. The molecule has 1 amide bonds. The van der Waals surface area contributed by atoms with E-state index in [2.05, 4.69) is 30.8 Å². The number of hydrogen-bond acceptors (Lipinski definition) is 5. The molecule has 2 aromatic carbocycles. The van der Waals surface area contributed by atoms with Crippen LogP contribution in [-0.4, -0.2) is 30.6 Å². The fraction of sp³-hybridized carbons (Fsp3) is 0.350. The van der Waals surface area contributed by atoms with Gasteiger partial charge in [-0.15, -0.1) is 0 Å². The maximum Gasteiger partial charge on any atom is 0.265 e. The standard InChI is InChI=1S/C20H25N3O2S/c1-19(2,3)22-26-15-9-6-13(7-10-15)20(25)16-12-14(23(4)5)8-11-17(16)21-18(20)24/h6-12,22,25H,1-5H3,(H,21,24). The third-order valence-corrected chi connectivity index (χ3v) is 5.46. The van der Waals surface area contributed by atoms with Gasteiger partial charge >= 0.3 is 0 Å². The van der Waals surface area contributed by atoms with Crippen LogP contribution < -0.4 is 14.9 Å². The second-order valence-electron chi connectivity index (χ2n) is 7.77. The zero-order valence-electron chi connectivity index (χ0n) is 15.8. The lowest BCUT2D eigenvalue weighted by Gasteiger charge is -2.23. The van der Waals surface area contributed by atoms with E-state index in [4.69, 9.17) is 0 Å². The number of rotatable bonds is 4. The van der Waals surface area contributed by atoms with E-state index in [9.17, 15) is 9.90 Å². The maximum absolute atomic E-state index is 12.6. The van der Waals surface area contributed by atoms with Crippen LogP contribution in [0.3, 0.4) is 0 Å². The summed E-state index contributed by atoms with van der Waals surface area (Å²) in [4.78, 5) is 15.6. The van der Waals surface area contributed by atoms with Crippen LogP contribution in [0.15, 0.2) is 47.4 Å². The monoisotopic (exact) mass is 371 g/mol. The number of aliphatic hydroxyl groups is 1. The van der Waals surface area contributed by atoms with E-state index in [0.29, 0.717) is 16.8 Å². The molecule has 0 saturated heterocycles. The highest BCUT2D eigenvalue weighted by molar-refractivity contribution is 7.97. The van der Waals surface area contributed by atoms with Gasteiger partial charge in [0.05, 0.1) is 0 Å². The van der Waals surface area contributed by atoms with Gasteiger partial charge in [-0.1, -0.05) is 12.1 Å². The fourth-order valence-electron chi connectivity index (χ4n) is 2.82. The molecule has 138 valence electrons. The van der Waals surface area contributed by atoms with Crippen molar-refractivity contribution in [2.45, 2.75) is 36.8 Å². The van der Waals surface area contributed by atoms with Crippen molar-refractivity contribution in [3.63, 3.8) is 0 Å². The summed E-state index contributed by atoms with van der Waals surface area (Å²) in [6, 6.07) is 13.1. The SMILES string of the molecule is CN(C)c1ccc2c(c1)C(O)(c1ccc(SNC(C)(C)C)cc1)C(=O)N2. The first-order valence-electron chi connectivity index (χ1n) is 8.51. The van der Waals surface area contributed by atoms with Crippen LogP contribution in [0.1, 0.15) is 31.9 Å². The molecule has 1 heterocycles. The number of carbonyl (C=O) groups is 1. The molecule has 0 spiro atoms. The van der Waals surface area contributed by atoms with Crippen molar-refractivity contribution in [2.24, 2.45) is 0 Å². The van der Waals surface area contributed by atoms with Crippen LogP contribution in [0.25, 0.3) is 0 Å². The number of hydrogen-bond donors (Lipinski definition) is 3. The molecule has 0 radical (unpaired) electrons. The van der Waals surface area contributed by atoms with Crippen molar-refractivity contribution < 1.29 is 9.90 Å². The highest BCUT2D eigenvalue weighted by Gasteiger charge is 2.47. The number of carbonyl (C=O) groups excluding carboxylic acids is 1. The Bertz CT molecular complexity index is 828. The molecule has 0 aliphatic carbocycles. The Balaban J connectivity index is 1.94. The van der Waals surface area contributed by atoms with E-state index < -0.39 is 11.5 Å². The van der Waals surface area contributed by atoms with E-state index in [-0.39, 0.29) is 5.54 Å². The van der Waals surface area contributed by atoms with Gasteiger partial charge in [0.2, 0.25) is 0 Å². The first kappa shape index (κ1) is 18.8. The predicted octanol–water partition coefficient (Wildman–Crippen LogP) is 3.34. The molecule has 0 fully saturated rings. The lowest BCUT2D eigenvalue weighted by molar-refractivity contribution is -0.129. The summed E-state index contributed by atoms with van der Waals surface area (Å²) >= 11 is 1.53. The van der Waals surface area contributed by atoms with E-state index in [1.54, 1.807) is 0 Å². The molecule has 1 atom stereocenters. The maximum atomic E-state index is 12.6. The zero-order valence-corrected chi connectivity index (χ0v) is 16.6. The molecule has 0 saturated carbocycles. The number of amides is 1. The molecular weight excluding hydrogens is 346 g/mol. The Morgan fingerprint density at radius 2 is 1.77 bits per heavy atom. The van der Waals surface area contributed by atoms with Gasteiger partial charge < -0.3 is 15.3 Å². The van der Waals surface area contributed by atoms with Crippen molar-refractivity contribution in [1.82, 2.24) is 4.72 Å². The fourth-order valence-corrected chi connectivity index (χ4v) is 3.51. The molecule has 3 N–H and O–H groups in total. The largest absolute Gasteiger partial charge is 0.378 e. The first-order valence-corrected chi connectivity index (χ1v) is 9.33. The second kappa shape index (κ2) is 6.61. The van der Waals surface area contributed by atoms with Gasteiger partial charge in [0, 0.05) is 41.5 Å². The van der Waals surface area contributed by atoms with Crippen molar-refractivity contribution in [2.75, 3.05) is 24.3 Å². The number of anilines is 2. The summed E-state index contributed by atoms with van der Waals surface area (Å²) in [7, 11) is 3.86. The molecule has 0 bridgehead atoms. The molecule has 26 heavy (non-hydrogen) atoms. The summed E-state index contributed by atoms with van der Waals surface area (Å²) in [6.45, 7) is 6.29. The van der Waals surface area contributed by atoms with Crippen molar-refractivity contribution in [3.05, 3.63) is 53.6 Å². The van der Waals surface area contributed by atoms with Gasteiger partial charge in [-0.25, -0.2) is 0 Å². The molecule has 5 nitrogen and oxygen atoms in total. The zero-order chi connectivity index (χ0) is 19.1. The minimum Gasteiger partial charge on any atom is -0.378 e. The minimum atomic E-state index is -1.68. The number of fused-ring (bicyclic) bond motifs is 1. The summed E-state index contributed by atoms with van der Waals surface area (Å²) in [6.07, 6.45) is 0. The molecule has 1 unspecified atom stereocenters. The van der Waals surface area contributed by atoms with E-state index in [1.807, 2.05) is 61.5 Å². The van der Waals surface area contributed by atoms with Crippen LogP contribution >= 0.6 is 11.9 Å². The van der Waals surface area contributed by atoms with Crippen LogP contribution in [0.5, 0.6) is 0 Å². The van der Waals surface area contributed by atoms with Crippen molar-refractivity contribution in [1.29, 1.82) is 0 Å². The Morgan fingerprint density at radius 3 is 2.35 bits per heavy atom. The minimum absolute atomic E-state index is 0.00556. The smallest absolute Gasteiger partial charge is 0.265 e. The van der Waals surface area contributed by atoms with Gasteiger partial charge in [-0.3, -0.25) is 9.52 Å². The Kier molecular flexibility index (Phi) is 4.77. The molecule has 6 heteroatoms. The van der Waals surface area contributed by atoms with Crippen LogP contribution in [-0.2, 0) is 10.4 Å². The topological polar surface area (TPSA) is 64.6 Å². The van der Waals surface area contributed by atoms with Crippen molar-refractivity contribution >= 4 is 29.2 Å². The van der Waals surface area contributed by atoms with Gasteiger partial charge in [-0.05, 0) is 68.6 Å². The summed E-state index contributed by atoms with van der Waals surface area (Å²) < 4.78 is 3.35. The molecule has 0 aromatic heterocycles.